The molecule has 4 aromatic heterocycles. The third-order valence-corrected chi connectivity index (χ3v) is 6.56. The summed E-state index contributed by atoms with van der Waals surface area (Å²) in [5, 5.41) is 0. The predicted molar refractivity (Wildman–Crippen MR) is 145 cm³/mol. The first-order valence-electron chi connectivity index (χ1n) is 12.7. The molecule has 0 bridgehead atoms. The first-order valence-corrected chi connectivity index (χ1v) is 13.3. The van der Waals surface area contributed by atoms with Gasteiger partial charge in [0.2, 0.25) is 0 Å². The fourth-order valence-electron chi connectivity index (χ4n) is 4.31. The number of thiol groups is 1. The van der Waals surface area contributed by atoms with Crippen molar-refractivity contribution in [3.05, 3.63) is 96.8 Å². The Bertz CT molecular complexity index is 1190. The zero-order valence-electron chi connectivity index (χ0n) is 20.7. The Morgan fingerprint density at radius 1 is 0.657 bits per heavy atom. The van der Waals surface area contributed by atoms with Crippen LogP contribution in [0.3, 0.4) is 0 Å². The summed E-state index contributed by atoms with van der Waals surface area (Å²) in [6.07, 6.45) is 19.8. The molecule has 0 fully saturated rings. The fraction of sp³-hybridized carbons (Fsp3) is 0.333. The Balaban J connectivity index is 1.14. The van der Waals surface area contributed by atoms with Crippen LogP contribution >= 0.6 is 12.6 Å². The molecule has 0 amide bonds. The number of nitrogens with zero attached hydrogens (tertiary/aromatic N) is 4. The number of aryl methyl sites for hydroxylation is 4. The van der Waals surface area contributed by atoms with Crippen molar-refractivity contribution in [2.75, 3.05) is 5.75 Å². The maximum absolute atomic E-state index is 4.51. The van der Waals surface area contributed by atoms with Crippen molar-refractivity contribution in [2.45, 2.75) is 58.5 Å². The summed E-state index contributed by atoms with van der Waals surface area (Å²) in [7, 11) is 0. The van der Waals surface area contributed by atoms with Crippen LogP contribution in [0.15, 0.2) is 85.7 Å². The SMILES string of the molecule is Cc1ccnc(-c2cc(CCCCCCC[n+]3ccc(-c4cc[n+](CCS)cc4)cc3)ccn2)c1. The van der Waals surface area contributed by atoms with Crippen LogP contribution in [0.5, 0.6) is 0 Å². The van der Waals surface area contributed by atoms with Crippen molar-refractivity contribution in [3.8, 4) is 22.5 Å². The topological polar surface area (TPSA) is 33.5 Å². The minimum atomic E-state index is 0.855. The molecule has 4 nitrogen and oxygen atoms in total. The van der Waals surface area contributed by atoms with E-state index in [1.165, 1.54) is 54.4 Å². The lowest BCUT2D eigenvalue weighted by Crippen LogP contribution is -2.33. The Morgan fingerprint density at radius 2 is 1.23 bits per heavy atom. The molecule has 180 valence electrons. The van der Waals surface area contributed by atoms with E-state index in [0.717, 1.165) is 36.7 Å². The van der Waals surface area contributed by atoms with E-state index in [2.05, 4.69) is 106 Å². The van der Waals surface area contributed by atoms with Gasteiger partial charge in [0, 0.05) is 48.8 Å². The first-order chi connectivity index (χ1) is 17.2. The van der Waals surface area contributed by atoms with E-state index in [-0.39, 0.29) is 0 Å². The summed E-state index contributed by atoms with van der Waals surface area (Å²) in [5.41, 5.74) is 7.01. The largest absolute Gasteiger partial charge is 0.255 e. The van der Waals surface area contributed by atoms with E-state index in [0.29, 0.717) is 0 Å². The van der Waals surface area contributed by atoms with Gasteiger partial charge in [-0.1, -0.05) is 12.8 Å². The maximum Gasteiger partial charge on any atom is 0.169 e. The smallest absolute Gasteiger partial charge is 0.169 e. The van der Waals surface area contributed by atoms with E-state index in [1.807, 2.05) is 18.5 Å². The Hall–Kier alpha value is -3.05. The molecule has 0 aromatic carbocycles. The minimum Gasteiger partial charge on any atom is -0.255 e. The molecule has 0 atom stereocenters. The van der Waals surface area contributed by atoms with Crippen LogP contribution in [0.1, 0.15) is 43.2 Å². The van der Waals surface area contributed by atoms with Crippen LogP contribution in [0.2, 0.25) is 0 Å². The number of hydrogen-bond acceptors (Lipinski definition) is 3. The van der Waals surface area contributed by atoms with Gasteiger partial charge in [-0.25, -0.2) is 9.13 Å². The molecule has 35 heavy (non-hydrogen) atoms. The summed E-state index contributed by atoms with van der Waals surface area (Å²) in [5.74, 6) is 0.855. The fourth-order valence-corrected chi connectivity index (χ4v) is 4.54. The van der Waals surface area contributed by atoms with Crippen LogP contribution in [-0.2, 0) is 19.5 Å². The van der Waals surface area contributed by atoms with Crippen LogP contribution in [0, 0.1) is 6.92 Å². The highest BCUT2D eigenvalue weighted by atomic mass is 32.1. The summed E-state index contributed by atoms with van der Waals surface area (Å²) >= 11 is 4.30. The van der Waals surface area contributed by atoms with E-state index in [9.17, 15) is 0 Å². The Morgan fingerprint density at radius 3 is 1.89 bits per heavy atom. The average molecular weight is 485 g/mol. The highest BCUT2D eigenvalue weighted by molar-refractivity contribution is 7.80. The highest BCUT2D eigenvalue weighted by Gasteiger charge is 2.06. The second-order valence-electron chi connectivity index (χ2n) is 9.16. The van der Waals surface area contributed by atoms with Crippen molar-refractivity contribution in [2.24, 2.45) is 0 Å². The molecule has 0 N–H and O–H groups in total. The lowest BCUT2D eigenvalue weighted by molar-refractivity contribution is -0.697. The molecule has 4 aromatic rings. The molecule has 0 radical (unpaired) electrons. The van der Waals surface area contributed by atoms with Gasteiger partial charge in [0.1, 0.15) is 6.54 Å². The Labute approximate surface area is 215 Å². The molecule has 0 unspecified atom stereocenters. The van der Waals surface area contributed by atoms with Crippen molar-refractivity contribution in [1.82, 2.24) is 9.97 Å². The number of aromatic nitrogens is 4. The summed E-state index contributed by atoms with van der Waals surface area (Å²) in [4.78, 5) is 8.98. The number of hydrogen-bond donors (Lipinski definition) is 1. The molecule has 0 aliphatic carbocycles. The van der Waals surface area contributed by atoms with Gasteiger partial charge in [0.25, 0.3) is 0 Å². The second kappa shape index (κ2) is 13.1. The first kappa shape index (κ1) is 25.1. The monoisotopic (exact) mass is 484 g/mol. The molecular formula is C30H36N4S+2. The van der Waals surface area contributed by atoms with Crippen LogP contribution in [0.25, 0.3) is 22.5 Å². The van der Waals surface area contributed by atoms with Gasteiger partial charge >= 0.3 is 0 Å². The van der Waals surface area contributed by atoms with Gasteiger partial charge in [-0.2, -0.15) is 12.6 Å². The molecule has 4 heterocycles. The van der Waals surface area contributed by atoms with Crippen molar-refractivity contribution in [3.63, 3.8) is 0 Å². The summed E-state index contributed by atoms with van der Waals surface area (Å²) < 4.78 is 4.46. The second-order valence-corrected chi connectivity index (χ2v) is 9.61. The quantitative estimate of drug-likeness (QED) is 0.156. The van der Waals surface area contributed by atoms with E-state index in [4.69, 9.17) is 0 Å². The molecule has 0 saturated heterocycles. The van der Waals surface area contributed by atoms with Gasteiger partial charge in [-0.3, -0.25) is 9.97 Å². The predicted octanol–water partition coefficient (Wildman–Crippen LogP) is 5.82. The van der Waals surface area contributed by atoms with Gasteiger partial charge < -0.3 is 0 Å². The normalized spacial score (nSPS) is 11.0. The lowest BCUT2D eigenvalue weighted by atomic mass is 10.0. The third-order valence-electron chi connectivity index (χ3n) is 6.36. The van der Waals surface area contributed by atoms with Gasteiger partial charge in [-0.05, 0) is 72.7 Å². The highest BCUT2D eigenvalue weighted by Crippen LogP contribution is 2.18. The standard InChI is InChI=1S/C30H35N4S/c1-25-8-14-31-29(23-25)30-24-26(9-15-32-30)7-5-3-2-4-6-16-33-17-10-27(11-18-33)28-12-19-34(20-13-28)21-22-35/h8-15,17-20,23-24H,2-7,16,21-22H2,1H3/q+1/p+1. The zero-order valence-corrected chi connectivity index (χ0v) is 21.6. The molecule has 5 heteroatoms. The van der Waals surface area contributed by atoms with E-state index >= 15 is 0 Å². The Kier molecular flexibility index (Phi) is 9.41. The molecule has 0 spiro atoms. The van der Waals surface area contributed by atoms with Crippen molar-refractivity contribution >= 4 is 12.6 Å². The molecule has 4 rings (SSSR count). The lowest BCUT2D eigenvalue weighted by Gasteiger charge is -2.05. The van der Waals surface area contributed by atoms with E-state index < -0.39 is 0 Å². The number of pyridine rings is 4. The van der Waals surface area contributed by atoms with E-state index in [1.54, 1.807) is 0 Å². The number of rotatable bonds is 12. The van der Waals surface area contributed by atoms with Gasteiger partial charge in [-0.15, -0.1) is 0 Å². The zero-order chi connectivity index (χ0) is 24.3. The van der Waals surface area contributed by atoms with Crippen LogP contribution < -0.4 is 9.13 Å². The molecule has 0 aliphatic rings. The van der Waals surface area contributed by atoms with Crippen LogP contribution in [0.4, 0.5) is 0 Å². The molecule has 0 saturated carbocycles. The summed E-state index contributed by atoms with van der Waals surface area (Å²) in [6, 6.07) is 17.2. The minimum absolute atomic E-state index is 0.855. The third kappa shape index (κ3) is 7.72. The van der Waals surface area contributed by atoms with Crippen molar-refractivity contribution in [1.29, 1.82) is 0 Å². The van der Waals surface area contributed by atoms with Gasteiger partial charge in [0.05, 0.1) is 11.4 Å². The van der Waals surface area contributed by atoms with Crippen molar-refractivity contribution < 1.29 is 9.13 Å². The number of unbranched alkanes of at least 4 members (excludes halogenated alkanes) is 4. The molecular weight excluding hydrogens is 448 g/mol. The average Bonchev–Trinajstić information content (AvgIpc) is 2.89. The van der Waals surface area contributed by atoms with Crippen LogP contribution in [-0.4, -0.2) is 15.7 Å². The maximum atomic E-state index is 4.51. The summed E-state index contributed by atoms with van der Waals surface area (Å²) in [6.45, 7) is 4.11. The molecule has 0 aliphatic heterocycles. The van der Waals surface area contributed by atoms with Gasteiger partial charge in [0.15, 0.2) is 31.3 Å².